The van der Waals surface area contributed by atoms with E-state index in [0.717, 1.165) is 25.7 Å². The minimum absolute atomic E-state index is 0.0409. The van der Waals surface area contributed by atoms with E-state index < -0.39 is 0 Å². The zero-order valence-electron chi connectivity index (χ0n) is 17.9. The highest BCUT2D eigenvalue weighted by atomic mass is 16.3. The number of amides is 2. The molecule has 0 radical (unpaired) electrons. The van der Waals surface area contributed by atoms with Crippen LogP contribution in [0.1, 0.15) is 46.4 Å². The van der Waals surface area contributed by atoms with E-state index in [0.29, 0.717) is 37.3 Å². The van der Waals surface area contributed by atoms with Crippen LogP contribution in [0.25, 0.3) is 0 Å². The molecule has 0 aliphatic carbocycles. The van der Waals surface area contributed by atoms with E-state index in [4.69, 9.17) is 0 Å². The third kappa shape index (κ3) is 4.77. The predicted octanol–water partition coefficient (Wildman–Crippen LogP) is 3.07. The summed E-state index contributed by atoms with van der Waals surface area (Å²) in [4.78, 5) is 42.4. The Hall–Kier alpha value is -3.35. The zero-order chi connectivity index (χ0) is 22.7. The number of benzene rings is 2. The summed E-state index contributed by atoms with van der Waals surface area (Å²) in [6.07, 6.45) is 2.97. The molecule has 2 aliphatic heterocycles. The summed E-state index contributed by atoms with van der Waals surface area (Å²) < 4.78 is 0. The maximum Gasteiger partial charge on any atom is 0.254 e. The molecule has 2 aromatic carbocycles. The van der Waals surface area contributed by atoms with Crippen molar-refractivity contribution in [3.63, 3.8) is 0 Å². The van der Waals surface area contributed by atoms with Crippen LogP contribution in [0.2, 0.25) is 0 Å². The number of carbonyl (C=O) groups is 3. The van der Waals surface area contributed by atoms with E-state index in [2.05, 4.69) is 0 Å². The fourth-order valence-corrected chi connectivity index (χ4v) is 4.76. The van der Waals surface area contributed by atoms with Gasteiger partial charge in [-0.25, -0.2) is 0 Å². The summed E-state index contributed by atoms with van der Waals surface area (Å²) in [5.74, 6) is -0.646. The molecule has 32 heavy (non-hydrogen) atoms. The second kappa shape index (κ2) is 9.42. The monoisotopic (exact) mass is 436 g/mol. The number of aromatic hydroxyl groups is 2. The predicted molar refractivity (Wildman–Crippen MR) is 118 cm³/mol. The van der Waals surface area contributed by atoms with Crippen molar-refractivity contribution in [3.8, 4) is 11.5 Å². The lowest BCUT2D eigenvalue weighted by Crippen LogP contribution is -2.47. The first-order chi connectivity index (χ1) is 15.4. The van der Waals surface area contributed by atoms with Crippen LogP contribution in [-0.2, 0) is 4.79 Å². The van der Waals surface area contributed by atoms with Crippen LogP contribution in [-0.4, -0.2) is 63.8 Å². The summed E-state index contributed by atoms with van der Waals surface area (Å²) in [6, 6.07) is 12.5. The molecule has 7 heteroatoms. The van der Waals surface area contributed by atoms with Crippen molar-refractivity contribution in [2.45, 2.75) is 25.7 Å². The van der Waals surface area contributed by atoms with E-state index >= 15 is 0 Å². The molecule has 2 aliphatic rings. The Morgan fingerprint density at radius 3 is 1.56 bits per heavy atom. The fourth-order valence-electron chi connectivity index (χ4n) is 4.76. The SMILES string of the molecule is O=C(C1CCCN(C(=O)c2cccc(O)c2)C1)C1CCCN(C(=O)c2cccc(O)c2)C1. The normalized spacial score (nSPS) is 21.2. The highest BCUT2D eigenvalue weighted by Crippen LogP contribution is 2.28. The Bertz CT molecular complexity index is 941. The Labute approximate surface area is 187 Å². The standard InChI is InChI=1S/C25H28N2O5/c28-21-9-1-5-17(13-21)24(31)26-11-3-7-19(15-26)23(30)20-8-4-12-27(16-20)25(32)18-6-2-10-22(29)14-18/h1-2,5-6,9-10,13-14,19-20,28-29H,3-4,7-8,11-12,15-16H2. The summed E-state index contributed by atoms with van der Waals surface area (Å²) in [7, 11) is 0. The number of likely N-dealkylation sites (tertiary alicyclic amines) is 2. The van der Waals surface area contributed by atoms with Crippen LogP contribution in [0.4, 0.5) is 0 Å². The topological polar surface area (TPSA) is 98.2 Å². The fraction of sp³-hybridized carbons (Fsp3) is 0.400. The first-order valence-electron chi connectivity index (χ1n) is 11.1. The van der Waals surface area contributed by atoms with Crippen molar-refractivity contribution in [1.29, 1.82) is 0 Å². The number of rotatable bonds is 4. The molecule has 2 amide bonds. The number of piperidine rings is 2. The first-order valence-corrected chi connectivity index (χ1v) is 11.1. The minimum atomic E-state index is -0.245. The number of carbonyl (C=O) groups excluding carboxylic acids is 3. The Morgan fingerprint density at radius 2 is 1.16 bits per heavy atom. The summed E-state index contributed by atoms with van der Waals surface area (Å²) >= 11 is 0. The van der Waals surface area contributed by atoms with Crippen molar-refractivity contribution < 1.29 is 24.6 Å². The van der Waals surface area contributed by atoms with Gasteiger partial charge in [0.05, 0.1) is 0 Å². The van der Waals surface area contributed by atoms with Crippen molar-refractivity contribution >= 4 is 17.6 Å². The van der Waals surface area contributed by atoms with Crippen LogP contribution in [0.15, 0.2) is 48.5 Å². The molecule has 0 spiro atoms. The van der Waals surface area contributed by atoms with Gasteiger partial charge in [-0.2, -0.15) is 0 Å². The number of hydrogen-bond acceptors (Lipinski definition) is 5. The Balaban J connectivity index is 1.41. The van der Waals surface area contributed by atoms with Crippen LogP contribution in [0, 0.1) is 11.8 Å². The molecular formula is C25H28N2O5. The highest BCUT2D eigenvalue weighted by Gasteiger charge is 2.36. The molecule has 2 fully saturated rings. The van der Waals surface area contributed by atoms with Gasteiger partial charge in [0.15, 0.2) is 0 Å². The second-order valence-corrected chi connectivity index (χ2v) is 8.68. The molecule has 2 heterocycles. The molecule has 0 saturated carbocycles. The summed E-state index contributed by atoms with van der Waals surface area (Å²) in [5, 5.41) is 19.3. The molecule has 0 bridgehead atoms. The van der Waals surface area contributed by atoms with Crippen LogP contribution in [0.5, 0.6) is 11.5 Å². The van der Waals surface area contributed by atoms with Crippen molar-refractivity contribution in [3.05, 3.63) is 59.7 Å². The molecule has 4 rings (SSSR count). The first kappa shape index (κ1) is 21.9. The number of ketones is 1. The number of phenols is 2. The lowest BCUT2D eigenvalue weighted by atomic mass is 9.82. The number of hydrogen-bond donors (Lipinski definition) is 2. The van der Waals surface area contributed by atoms with Crippen LogP contribution in [0.3, 0.4) is 0 Å². The molecule has 0 aromatic heterocycles. The van der Waals surface area contributed by atoms with Crippen LogP contribution < -0.4 is 0 Å². The minimum Gasteiger partial charge on any atom is -0.508 e. The van der Waals surface area contributed by atoms with Gasteiger partial charge in [-0.1, -0.05) is 12.1 Å². The van der Waals surface area contributed by atoms with Crippen molar-refractivity contribution in [2.75, 3.05) is 26.2 Å². The summed E-state index contributed by atoms with van der Waals surface area (Å²) in [6.45, 7) is 1.91. The van der Waals surface area contributed by atoms with Gasteiger partial charge in [-0.05, 0) is 62.1 Å². The average Bonchev–Trinajstić information content (AvgIpc) is 2.83. The molecule has 2 atom stereocenters. The molecule has 7 nitrogen and oxygen atoms in total. The van der Waals surface area contributed by atoms with Gasteiger partial charge in [0.1, 0.15) is 17.3 Å². The Morgan fingerprint density at radius 1 is 0.719 bits per heavy atom. The van der Waals surface area contributed by atoms with Gasteiger partial charge in [0.2, 0.25) is 0 Å². The average molecular weight is 437 g/mol. The lowest BCUT2D eigenvalue weighted by Gasteiger charge is -2.37. The van der Waals surface area contributed by atoms with Crippen molar-refractivity contribution in [1.82, 2.24) is 9.80 Å². The maximum atomic E-state index is 13.3. The maximum absolute atomic E-state index is 13.3. The number of Topliss-reactive ketones (excluding diaryl/α,β-unsaturated/α-hetero) is 1. The van der Waals surface area contributed by atoms with Gasteiger partial charge < -0.3 is 20.0 Å². The van der Waals surface area contributed by atoms with Crippen molar-refractivity contribution in [2.24, 2.45) is 11.8 Å². The number of nitrogens with zero attached hydrogens (tertiary/aromatic N) is 2. The molecular weight excluding hydrogens is 408 g/mol. The van der Waals surface area contributed by atoms with E-state index in [-0.39, 0.29) is 40.9 Å². The van der Waals surface area contributed by atoms with E-state index in [1.54, 1.807) is 34.1 Å². The highest BCUT2D eigenvalue weighted by molar-refractivity contribution is 5.96. The van der Waals surface area contributed by atoms with Gasteiger partial charge in [0.25, 0.3) is 11.8 Å². The molecule has 2 N–H and O–H groups in total. The van der Waals surface area contributed by atoms with Gasteiger partial charge in [0, 0.05) is 49.1 Å². The smallest absolute Gasteiger partial charge is 0.254 e. The quantitative estimate of drug-likeness (QED) is 0.768. The molecule has 2 aromatic rings. The third-order valence-corrected chi connectivity index (χ3v) is 6.41. The zero-order valence-corrected chi connectivity index (χ0v) is 17.9. The summed E-state index contributed by atoms with van der Waals surface area (Å²) in [5.41, 5.74) is 0.831. The van der Waals surface area contributed by atoms with Gasteiger partial charge in [-0.15, -0.1) is 0 Å². The lowest BCUT2D eigenvalue weighted by molar-refractivity contribution is -0.129. The molecule has 2 unspecified atom stereocenters. The van der Waals surface area contributed by atoms with E-state index in [9.17, 15) is 24.6 Å². The van der Waals surface area contributed by atoms with Gasteiger partial charge in [-0.3, -0.25) is 14.4 Å². The molecule has 168 valence electrons. The van der Waals surface area contributed by atoms with E-state index in [1.807, 2.05) is 0 Å². The third-order valence-electron chi connectivity index (χ3n) is 6.41. The molecule has 2 saturated heterocycles. The largest absolute Gasteiger partial charge is 0.508 e. The van der Waals surface area contributed by atoms with E-state index in [1.165, 1.54) is 24.3 Å². The van der Waals surface area contributed by atoms with Crippen LogP contribution >= 0.6 is 0 Å². The van der Waals surface area contributed by atoms with Gasteiger partial charge >= 0.3 is 0 Å². The second-order valence-electron chi connectivity index (χ2n) is 8.68. The Kier molecular flexibility index (Phi) is 6.44. The number of phenolic OH excluding ortho intramolecular Hbond substituents is 2.